The number of methoxy groups -OCH3 is 1. The Hall–Kier alpha value is -0.250. The van der Waals surface area contributed by atoms with Crippen molar-refractivity contribution in [1.29, 1.82) is 0 Å². The Morgan fingerprint density at radius 3 is 2.64 bits per heavy atom. The summed E-state index contributed by atoms with van der Waals surface area (Å²) in [4.78, 5) is 0. The summed E-state index contributed by atoms with van der Waals surface area (Å²) in [6, 6.07) is 2.19. The molecule has 0 fully saturated rings. The average Bonchev–Trinajstić information content (AvgIpc) is 2.52. The van der Waals surface area contributed by atoms with Crippen molar-refractivity contribution >= 4 is 28.6 Å². The van der Waals surface area contributed by atoms with Gasteiger partial charge in [-0.3, -0.25) is 0 Å². The largest absolute Gasteiger partial charge is 0.378 e. The van der Waals surface area contributed by atoms with E-state index in [4.69, 9.17) is 16.3 Å². The molecule has 1 heterocycles. The smallest absolute Gasteiger partial charge is 0.116 e. The van der Waals surface area contributed by atoms with Crippen molar-refractivity contribution in [3.05, 3.63) is 15.8 Å². The summed E-state index contributed by atoms with van der Waals surface area (Å²) in [6.07, 6.45) is 0. The number of halogens is 1. The lowest BCUT2D eigenvalue weighted by atomic mass is 10.0. The molecule has 0 aromatic carbocycles. The van der Waals surface area contributed by atoms with Gasteiger partial charge in [0.2, 0.25) is 0 Å². The molecule has 80 valence electrons. The van der Waals surface area contributed by atoms with Crippen molar-refractivity contribution < 1.29 is 4.74 Å². The lowest BCUT2D eigenvalue weighted by Crippen LogP contribution is -2.41. The fourth-order valence-corrected chi connectivity index (χ4v) is 1.83. The molecule has 2 nitrogen and oxygen atoms in total. The molecule has 0 aliphatic heterocycles. The molecule has 0 radical (unpaired) electrons. The van der Waals surface area contributed by atoms with Crippen molar-refractivity contribution in [2.45, 2.75) is 32.4 Å². The highest BCUT2D eigenvalue weighted by molar-refractivity contribution is 7.15. The molecule has 1 atom stereocenters. The molecule has 1 unspecified atom stereocenters. The van der Waals surface area contributed by atoms with Crippen LogP contribution < -0.4 is 5.32 Å². The lowest BCUT2D eigenvalue weighted by molar-refractivity contribution is 0.0107. The van der Waals surface area contributed by atoms with E-state index < -0.39 is 0 Å². The SMILES string of the molecule is COC(C)(C)C(C)Nc1ccsc1Cl. The maximum atomic E-state index is 5.99. The van der Waals surface area contributed by atoms with Crippen LogP contribution in [0.5, 0.6) is 0 Å². The molecule has 14 heavy (non-hydrogen) atoms. The van der Waals surface area contributed by atoms with Crippen LogP contribution >= 0.6 is 22.9 Å². The van der Waals surface area contributed by atoms with Gasteiger partial charge < -0.3 is 10.1 Å². The maximum Gasteiger partial charge on any atom is 0.116 e. The highest BCUT2D eigenvalue weighted by Crippen LogP contribution is 2.29. The van der Waals surface area contributed by atoms with E-state index >= 15 is 0 Å². The average molecular weight is 234 g/mol. The third kappa shape index (κ3) is 2.62. The molecule has 1 aromatic rings. The normalized spacial score (nSPS) is 14.1. The first-order chi connectivity index (χ1) is 6.47. The fourth-order valence-electron chi connectivity index (χ4n) is 0.979. The van der Waals surface area contributed by atoms with E-state index in [1.54, 1.807) is 7.11 Å². The van der Waals surface area contributed by atoms with Gasteiger partial charge >= 0.3 is 0 Å². The van der Waals surface area contributed by atoms with Gasteiger partial charge in [0, 0.05) is 7.11 Å². The Morgan fingerprint density at radius 1 is 1.57 bits per heavy atom. The summed E-state index contributed by atoms with van der Waals surface area (Å²) < 4.78 is 6.18. The van der Waals surface area contributed by atoms with Gasteiger partial charge in [-0.1, -0.05) is 11.6 Å². The molecule has 0 aliphatic rings. The molecular formula is C10H16ClNOS. The van der Waals surface area contributed by atoms with Crippen molar-refractivity contribution in [3.8, 4) is 0 Å². The van der Waals surface area contributed by atoms with Crippen LogP contribution in [0.3, 0.4) is 0 Å². The van der Waals surface area contributed by atoms with Gasteiger partial charge in [-0.2, -0.15) is 0 Å². The Kier molecular flexibility index (Phi) is 3.81. The van der Waals surface area contributed by atoms with Gasteiger partial charge in [-0.25, -0.2) is 0 Å². The minimum Gasteiger partial charge on any atom is -0.378 e. The first kappa shape index (κ1) is 11.8. The van der Waals surface area contributed by atoms with Crippen molar-refractivity contribution in [2.75, 3.05) is 12.4 Å². The van der Waals surface area contributed by atoms with Crippen LogP contribution in [0.1, 0.15) is 20.8 Å². The predicted octanol–water partition coefficient (Wildman–Crippen LogP) is 3.63. The number of rotatable bonds is 4. The Morgan fingerprint density at radius 2 is 2.21 bits per heavy atom. The summed E-state index contributed by atoms with van der Waals surface area (Å²) in [5.41, 5.74) is 0.778. The zero-order chi connectivity index (χ0) is 10.8. The summed E-state index contributed by atoms with van der Waals surface area (Å²) in [7, 11) is 1.72. The van der Waals surface area contributed by atoms with Gasteiger partial charge in [0.15, 0.2) is 0 Å². The van der Waals surface area contributed by atoms with E-state index in [1.165, 1.54) is 11.3 Å². The molecule has 0 saturated carbocycles. The predicted molar refractivity (Wildman–Crippen MR) is 63.5 cm³/mol. The number of nitrogens with one attached hydrogen (secondary N) is 1. The van der Waals surface area contributed by atoms with Gasteiger partial charge in [-0.05, 0) is 32.2 Å². The van der Waals surface area contributed by atoms with Crippen molar-refractivity contribution in [2.24, 2.45) is 0 Å². The van der Waals surface area contributed by atoms with Gasteiger partial charge in [0.05, 0.1) is 17.3 Å². The Bertz CT molecular complexity index is 298. The Balaban J connectivity index is 2.66. The standard InChI is InChI=1S/C10H16ClNOS/c1-7(10(2,3)13-4)12-8-5-6-14-9(8)11/h5-7,12H,1-4H3. The third-order valence-corrected chi connectivity index (χ3v) is 3.73. The van der Waals surface area contributed by atoms with Crippen LogP contribution in [-0.2, 0) is 4.74 Å². The highest BCUT2D eigenvalue weighted by Gasteiger charge is 2.25. The molecule has 0 amide bonds. The van der Waals surface area contributed by atoms with E-state index in [2.05, 4.69) is 12.2 Å². The van der Waals surface area contributed by atoms with E-state index in [0.717, 1.165) is 10.0 Å². The minimum absolute atomic E-state index is 0.203. The van der Waals surface area contributed by atoms with Gasteiger partial charge in [-0.15, -0.1) is 11.3 Å². The lowest BCUT2D eigenvalue weighted by Gasteiger charge is -2.31. The number of anilines is 1. The molecule has 1 rings (SSSR count). The van der Waals surface area contributed by atoms with Crippen LogP contribution in [0.15, 0.2) is 11.4 Å². The van der Waals surface area contributed by atoms with Crippen LogP contribution in [0.4, 0.5) is 5.69 Å². The highest BCUT2D eigenvalue weighted by atomic mass is 35.5. The zero-order valence-corrected chi connectivity index (χ0v) is 10.5. The molecule has 4 heteroatoms. The maximum absolute atomic E-state index is 5.99. The number of thiophene rings is 1. The topological polar surface area (TPSA) is 21.3 Å². The van der Waals surface area contributed by atoms with Gasteiger partial charge in [0.1, 0.15) is 4.34 Å². The molecule has 0 saturated heterocycles. The Labute approximate surface area is 94.2 Å². The minimum atomic E-state index is -0.203. The quantitative estimate of drug-likeness (QED) is 0.858. The van der Waals surface area contributed by atoms with Crippen molar-refractivity contribution in [1.82, 2.24) is 0 Å². The molecule has 0 aliphatic carbocycles. The molecule has 0 spiro atoms. The first-order valence-corrected chi connectivity index (χ1v) is 5.78. The van der Waals surface area contributed by atoms with Crippen molar-refractivity contribution in [3.63, 3.8) is 0 Å². The van der Waals surface area contributed by atoms with Crippen LogP contribution in [0.25, 0.3) is 0 Å². The summed E-state index contributed by atoms with van der Waals surface area (Å²) in [5.74, 6) is 0. The summed E-state index contributed by atoms with van der Waals surface area (Å²) in [6.45, 7) is 6.17. The van der Waals surface area contributed by atoms with Crippen LogP contribution in [0.2, 0.25) is 4.34 Å². The van der Waals surface area contributed by atoms with E-state index in [0.29, 0.717) is 0 Å². The van der Waals surface area contributed by atoms with Gasteiger partial charge in [0.25, 0.3) is 0 Å². The molecule has 1 N–H and O–H groups in total. The summed E-state index contributed by atoms with van der Waals surface area (Å²) in [5, 5.41) is 5.30. The number of hydrogen-bond donors (Lipinski definition) is 1. The number of hydrogen-bond acceptors (Lipinski definition) is 3. The second kappa shape index (κ2) is 4.51. The molecular weight excluding hydrogens is 218 g/mol. The fraction of sp³-hybridized carbons (Fsp3) is 0.600. The van der Waals surface area contributed by atoms with E-state index in [1.807, 2.05) is 25.3 Å². The van der Waals surface area contributed by atoms with E-state index in [-0.39, 0.29) is 11.6 Å². The third-order valence-electron chi connectivity index (χ3n) is 2.56. The van der Waals surface area contributed by atoms with Crippen LogP contribution in [0, 0.1) is 0 Å². The zero-order valence-electron chi connectivity index (χ0n) is 8.93. The second-order valence-corrected chi connectivity index (χ2v) is 5.30. The first-order valence-electron chi connectivity index (χ1n) is 4.52. The molecule has 0 bridgehead atoms. The number of ether oxygens (including phenoxy) is 1. The second-order valence-electron chi connectivity index (χ2n) is 3.78. The van der Waals surface area contributed by atoms with Crippen LogP contribution in [-0.4, -0.2) is 18.8 Å². The summed E-state index contributed by atoms with van der Waals surface area (Å²) >= 11 is 7.52. The van der Waals surface area contributed by atoms with E-state index in [9.17, 15) is 0 Å². The monoisotopic (exact) mass is 233 g/mol. The molecule has 1 aromatic heterocycles.